The highest BCUT2D eigenvalue weighted by Gasteiger charge is 2.32. The van der Waals surface area contributed by atoms with Crippen LogP contribution in [0.2, 0.25) is 0 Å². The lowest BCUT2D eigenvalue weighted by molar-refractivity contribution is 0.329. The van der Waals surface area contributed by atoms with Gasteiger partial charge in [-0.1, -0.05) is 33.6 Å². The third-order valence-electron chi connectivity index (χ3n) is 3.50. The summed E-state index contributed by atoms with van der Waals surface area (Å²) < 4.78 is 26.5. The Hall–Kier alpha value is 0.200. The molecule has 0 N–H and O–H groups in total. The fourth-order valence-electron chi connectivity index (χ4n) is 2.38. The third-order valence-corrected chi connectivity index (χ3v) is 5.59. The Morgan fingerprint density at radius 2 is 1.78 bits per heavy atom. The maximum absolute atomic E-state index is 12.4. The van der Waals surface area contributed by atoms with Gasteiger partial charge in [0.15, 0.2) is 0 Å². The predicted octanol–water partition coefficient (Wildman–Crippen LogP) is 3.24. The van der Waals surface area contributed by atoms with Gasteiger partial charge < -0.3 is 0 Å². The van der Waals surface area contributed by atoms with Gasteiger partial charge in [-0.05, 0) is 24.7 Å². The highest BCUT2D eigenvalue weighted by molar-refractivity contribution is 7.89. The Labute approximate surface area is 117 Å². The average molecular weight is 296 g/mol. The van der Waals surface area contributed by atoms with Crippen LogP contribution in [0.5, 0.6) is 0 Å². The van der Waals surface area contributed by atoms with Crippen molar-refractivity contribution in [3.8, 4) is 0 Å². The lowest BCUT2D eigenvalue weighted by Gasteiger charge is -2.29. The van der Waals surface area contributed by atoms with E-state index in [-0.39, 0.29) is 17.2 Å². The van der Waals surface area contributed by atoms with Crippen molar-refractivity contribution in [2.24, 2.45) is 5.41 Å². The molecule has 5 heteroatoms. The average Bonchev–Trinajstić information content (AvgIpc) is 2.75. The van der Waals surface area contributed by atoms with E-state index >= 15 is 0 Å². The summed E-state index contributed by atoms with van der Waals surface area (Å²) in [5, 5.41) is 0. The fourth-order valence-corrected chi connectivity index (χ4v) is 4.80. The molecule has 0 unspecified atom stereocenters. The molecule has 0 radical (unpaired) electrons. The largest absolute Gasteiger partial charge is 0.214 e. The zero-order valence-corrected chi connectivity index (χ0v) is 13.4. The zero-order chi connectivity index (χ0) is 13.8. The normalized spacial score (nSPS) is 18.7. The molecule has 1 fully saturated rings. The van der Waals surface area contributed by atoms with Crippen LogP contribution < -0.4 is 0 Å². The third kappa shape index (κ3) is 5.06. The number of alkyl halides is 1. The molecule has 1 saturated carbocycles. The predicted molar refractivity (Wildman–Crippen MR) is 77.5 cm³/mol. The topological polar surface area (TPSA) is 37.4 Å². The monoisotopic (exact) mass is 295 g/mol. The lowest BCUT2D eigenvalue weighted by Crippen LogP contribution is -2.42. The molecule has 0 amide bonds. The first-order chi connectivity index (χ1) is 8.26. The molecule has 1 aliphatic carbocycles. The number of hydrogen-bond donors (Lipinski definition) is 0. The molecule has 0 saturated heterocycles. The van der Waals surface area contributed by atoms with Gasteiger partial charge in [-0.2, -0.15) is 4.31 Å². The van der Waals surface area contributed by atoms with Gasteiger partial charge in [0.05, 0.1) is 5.75 Å². The van der Waals surface area contributed by atoms with Crippen LogP contribution in [0.15, 0.2) is 0 Å². The Balaban J connectivity index is 2.70. The molecule has 0 atom stereocenters. The molecule has 0 bridgehead atoms. The Kier molecular flexibility index (Phi) is 5.94. The molecule has 0 aromatic rings. The second kappa shape index (κ2) is 6.58. The summed E-state index contributed by atoms with van der Waals surface area (Å²) >= 11 is 5.76. The minimum absolute atomic E-state index is 0.0510. The van der Waals surface area contributed by atoms with E-state index in [0.29, 0.717) is 18.8 Å². The van der Waals surface area contributed by atoms with Gasteiger partial charge in [-0.25, -0.2) is 8.42 Å². The van der Waals surface area contributed by atoms with E-state index in [1.807, 2.05) is 0 Å². The van der Waals surface area contributed by atoms with E-state index in [0.717, 1.165) is 25.7 Å². The van der Waals surface area contributed by atoms with Crippen molar-refractivity contribution in [3.63, 3.8) is 0 Å². The maximum atomic E-state index is 12.4. The van der Waals surface area contributed by atoms with Crippen molar-refractivity contribution in [1.29, 1.82) is 0 Å². The van der Waals surface area contributed by atoms with Crippen LogP contribution in [0.25, 0.3) is 0 Å². The summed E-state index contributed by atoms with van der Waals surface area (Å²) in [6, 6.07) is 0.189. The van der Waals surface area contributed by atoms with E-state index < -0.39 is 10.0 Å². The maximum Gasteiger partial charge on any atom is 0.214 e. The van der Waals surface area contributed by atoms with Crippen molar-refractivity contribution in [1.82, 2.24) is 4.31 Å². The summed E-state index contributed by atoms with van der Waals surface area (Å²) in [5.74, 6) is 0.620. The quantitative estimate of drug-likeness (QED) is 0.706. The molecule has 0 aromatic heterocycles. The Morgan fingerprint density at radius 3 is 2.22 bits per heavy atom. The molecular weight excluding hydrogens is 270 g/mol. The summed E-state index contributed by atoms with van der Waals surface area (Å²) in [5.41, 5.74) is 0.0510. The first-order valence-corrected chi connectivity index (χ1v) is 8.96. The Bertz CT molecular complexity index is 342. The van der Waals surface area contributed by atoms with Crippen LogP contribution in [0.4, 0.5) is 0 Å². The minimum atomic E-state index is -3.15. The fraction of sp³-hybridized carbons (Fsp3) is 1.00. The summed E-state index contributed by atoms with van der Waals surface area (Å²) in [6.45, 7) is 6.68. The van der Waals surface area contributed by atoms with Gasteiger partial charge in [0.2, 0.25) is 10.0 Å². The van der Waals surface area contributed by atoms with Crippen LogP contribution in [0.3, 0.4) is 0 Å². The van der Waals surface area contributed by atoms with Crippen molar-refractivity contribution in [2.75, 3.05) is 18.2 Å². The molecule has 18 heavy (non-hydrogen) atoms. The van der Waals surface area contributed by atoms with Crippen molar-refractivity contribution in [2.45, 2.75) is 58.9 Å². The van der Waals surface area contributed by atoms with Gasteiger partial charge in [0.1, 0.15) is 0 Å². The molecule has 3 nitrogen and oxygen atoms in total. The summed E-state index contributed by atoms with van der Waals surface area (Å²) in [7, 11) is -3.15. The second-order valence-electron chi connectivity index (χ2n) is 6.36. The van der Waals surface area contributed by atoms with E-state index in [1.54, 1.807) is 4.31 Å². The molecule has 0 spiro atoms. The van der Waals surface area contributed by atoms with Crippen LogP contribution in [0, 0.1) is 5.41 Å². The number of sulfonamides is 1. The van der Waals surface area contributed by atoms with E-state index in [4.69, 9.17) is 11.6 Å². The minimum Gasteiger partial charge on any atom is -0.212 e. The van der Waals surface area contributed by atoms with E-state index in [2.05, 4.69) is 20.8 Å². The SMILES string of the molecule is CC(C)(C)CCS(=O)(=O)N(CCCl)C1CCCC1. The standard InChI is InChI=1S/C13H26ClNO2S/c1-13(2,3)8-11-18(16,17)15(10-9-14)12-6-4-5-7-12/h12H,4-11H2,1-3H3. The highest BCUT2D eigenvalue weighted by Crippen LogP contribution is 2.27. The number of nitrogens with zero attached hydrogens (tertiary/aromatic N) is 1. The van der Waals surface area contributed by atoms with Crippen LogP contribution in [-0.2, 0) is 10.0 Å². The zero-order valence-electron chi connectivity index (χ0n) is 11.8. The van der Waals surface area contributed by atoms with Crippen LogP contribution in [-0.4, -0.2) is 36.9 Å². The summed E-state index contributed by atoms with van der Waals surface area (Å²) in [6.07, 6.45) is 4.95. The van der Waals surface area contributed by atoms with Crippen molar-refractivity contribution < 1.29 is 8.42 Å². The molecule has 0 aromatic carbocycles. The second-order valence-corrected chi connectivity index (χ2v) is 8.78. The van der Waals surface area contributed by atoms with Gasteiger partial charge in [-0.3, -0.25) is 0 Å². The molecule has 0 heterocycles. The van der Waals surface area contributed by atoms with E-state index in [1.165, 1.54) is 0 Å². The van der Waals surface area contributed by atoms with Crippen molar-refractivity contribution in [3.05, 3.63) is 0 Å². The molecular formula is C13H26ClNO2S. The first-order valence-electron chi connectivity index (χ1n) is 6.82. The number of hydrogen-bond acceptors (Lipinski definition) is 2. The highest BCUT2D eigenvalue weighted by atomic mass is 35.5. The first kappa shape index (κ1) is 16.3. The van der Waals surface area contributed by atoms with Gasteiger partial charge in [-0.15, -0.1) is 11.6 Å². The van der Waals surface area contributed by atoms with Crippen LogP contribution in [0.1, 0.15) is 52.9 Å². The molecule has 1 rings (SSSR count). The van der Waals surface area contributed by atoms with Crippen molar-refractivity contribution >= 4 is 21.6 Å². The smallest absolute Gasteiger partial charge is 0.212 e. The molecule has 108 valence electrons. The number of halogens is 1. The van der Waals surface area contributed by atoms with Gasteiger partial charge in [0.25, 0.3) is 0 Å². The van der Waals surface area contributed by atoms with Gasteiger partial charge >= 0.3 is 0 Å². The summed E-state index contributed by atoms with van der Waals surface area (Å²) in [4.78, 5) is 0. The van der Waals surface area contributed by atoms with E-state index in [9.17, 15) is 8.42 Å². The van der Waals surface area contributed by atoms with Crippen LogP contribution >= 0.6 is 11.6 Å². The van der Waals surface area contributed by atoms with Gasteiger partial charge in [0, 0.05) is 18.5 Å². The number of rotatable bonds is 6. The molecule has 1 aliphatic rings. The lowest BCUT2D eigenvalue weighted by atomic mass is 9.94. The molecule has 0 aliphatic heterocycles. The Morgan fingerprint density at radius 1 is 1.22 bits per heavy atom.